The van der Waals surface area contributed by atoms with Crippen molar-refractivity contribution in [2.75, 3.05) is 19.7 Å². The Labute approximate surface area is 109 Å². The SMILES string of the molecule is C#Cc1ccccc1OCC(O)CNCCCC. The number of ether oxygens (including phenoxy) is 1. The quantitative estimate of drug-likeness (QED) is 0.543. The normalized spacial score (nSPS) is 11.8. The molecule has 0 saturated heterocycles. The van der Waals surface area contributed by atoms with Crippen molar-refractivity contribution in [1.82, 2.24) is 5.32 Å². The van der Waals surface area contributed by atoms with Crippen LogP contribution in [-0.4, -0.2) is 30.9 Å². The number of benzene rings is 1. The topological polar surface area (TPSA) is 41.5 Å². The van der Waals surface area contributed by atoms with Crippen LogP contribution in [0.4, 0.5) is 0 Å². The van der Waals surface area contributed by atoms with Crippen molar-refractivity contribution < 1.29 is 9.84 Å². The summed E-state index contributed by atoms with van der Waals surface area (Å²) in [5.74, 6) is 3.20. The molecule has 0 spiro atoms. The van der Waals surface area contributed by atoms with E-state index in [2.05, 4.69) is 18.2 Å². The van der Waals surface area contributed by atoms with Crippen LogP contribution in [0.15, 0.2) is 24.3 Å². The molecule has 1 aromatic rings. The fourth-order valence-electron chi connectivity index (χ4n) is 1.53. The second-order valence-electron chi connectivity index (χ2n) is 4.16. The summed E-state index contributed by atoms with van der Waals surface area (Å²) in [4.78, 5) is 0. The van der Waals surface area contributed by atoms with Crippen molar-refractivity contribution in [1.29, 1.82) is 0 Å². The summed E-state index contributed by atoms with van der Waals surface area (Å²) < 4.78 is 5.51. The van der Waals surface area contributed by atoms with Gasteiger partial charge in [0.05, 0.1) is 5.56 Å². The standard InChI is InChI=1S/C15H21NO2/c1-3-5-10-16-11-14(17)12-18-15-9-7-6-8-13(15)4-2/h2,6-9,14,16-17H,3,5,10-12H2,1H3. The third kappa shape index (κ3) is 5.22. The average Bonchev–Trinajstić information content (AvgIpc) is 2.41. The van der Waals surface area contributed by atoms with E-state index in [1.807, 2.05) is 24.3 Å². The molecule has 0 amide bonds. The van der Waals surface area contributed by atoms with Crippen LogP contribution in [0.2, 0.25) is 0 Å². The lowest BCUT2D eigenvalue weighted by Gasteiger charge is -2.14. The van der Waals surface area contributed by atoms with E-state index in [0.29, 0.717) is 17.9 Å². The number of aliphatic hydroxyl groups is 1. The summed E-state index contributed by atoms with van der Waals surface area (Å²) in [6.45, 7) is 3.85. The van der Waals surface area contributed by atoms with Gasteiger partial charge < -0.3 is 15.2 Å². The summed E-state index contributed by atoms with van der Waals surface area (Å²) >= 11 is 0. The predicted octanol–water partition coefficient (Wildman–Crippen LogP) is 1.80. The Morgan fingerprint density at radius 3 is 2.94 bits per heavy atom. The first-order valence-electron chi connectivity index (χ1n) is 6.35. The van der Waals surface area contributed by atoms with Crippen LogP contribution in [0.25, 0.3) is 0 Å². The molecule has 0 aliphatic rings. The third-order valence-electron chi connectivity index (χ3n) is 2.56. The number of rotatable bonds is 8. The Hall–Kier alpha value is -1.50. The van der Waals surface area contributed by atoms with Crippen LogP contribution >= 0.6 is 0 Å². The minimum atomic E-state index is -0.521. The predicted molar refractivity (Wildman–Crippen MR) is 73.7 cm³/mol. The van der Waals surface area contributed by atoms with Gasteiger partial charge in [0.25, 0.3) is 0 Å². The number of unbranched alkanes of at least 4 members (excludes halogenated alkanes) is 1. The smallest absolute Gasteiger partial charge is 0.135 e. The largest absolute Gasteiger partial charge is 0.490 e. The molecule has 1 atom stereocenters. The Morgan fingerprint density at radius 1 is 1.44 bits per heavy atom. The number of nitrogens with one attached hydrogen (secondary N) is 1. The Morgan fingerprint density at radius 2 is 2.22 bits per heavy atom. The first kappa shape index (κ1) is 14.6. The fourth-order valence-corrected chi connectivity index (χ4v) is 1.53. The summed E-state index contributed by atoms with van der Waals surface area (Å²) in [5.41, 5.74) is 0.712. The first-order valence-corrected chi connectivity index (χ1v) is 6.35. The van der Waals surface area contributed by atoms with E-state index < -0.39 is 6.10 Å². The van der Waals surface area contributed by atoms with Gasteiger partial charge >= 0.3 is 0 Å². The zero-order valence-corrected chi connectivity index (χ0v) is 10.9. The molecule has 0 fully saturated rings. The molecule has 1 rings (SSSR count). The van der Waals surface area contributed by atoms with Gasteiger partial charge in [-0.1, -0.05) is 31.4 Å². The van der Waals surface area contributed by atoms with E-state index in [1.165, 1.54) is 0 Å². The molecule has 3 heteroatoms. The number of para-hydroxylation sites is 1. The average molecular weight is 247 g/mol. The van der Waals surface area contributed by atoms with Gasteiger partial charge in [-0.2, -0.15) is 0 Å². The fraction of sp³-hybridized carbons (Fsp3) is 0.467. The van der Waals surface area contributed by atoms with Crippen molar-refractivity contribution in [3.8, 4) is 18.1 Å². The highest BCUT2D eigenvalue weighted by Gasteiger charge is 2.06. The van der Waals surface area contributed by atoms with Gasteiger partial charge in [-0.25, -0.2) is 0 Å². The van der Waals surface area contributed by atoms with Crippen molar-refractivity contribution in [2.45, 2.75) is 25.9 Å². The van der Waals surface area contributed by atoms with Crippen LogP contribution < -0.4 is 10.1 Å². The summed E-state index contributed by atoms with van der Waals surface area (Å²) in [6, 6.07) is 7.36. The van der Waals surface area contributed by atoms with Gasteiger partial charge in [0.1, 0.15) is 18.5 Å². The van der Waals surface area contributed by atoms with E-state index in [4.69, 9.17) is 11.2 Å². The maximum absolute atomic E-state index is 9.73. The summed E-state index contributed by atoms with van der Waals surface area (Å²) in [7, 11) is 0. The molecular weight excluding hydrogens is 226 g/mol. The van der Waals surface area contributed by atoms with Gasteiger partial charge in [-0.05, 0) is 25.1 Å². The monoisotopic (exact) mass is 247 g/mol. The number of hydrogen-bond donors (Lipinski definition) is 2. The third-order valence-corrected chi connectivity index (χ3v) is 2.56. The molecule has 0 saturated carbocycles. The van der Waals surface area contributed by atoms with Crippen molar-refractivity contribution in [3.05, 3.63) is 29.8 Å². The Kier molecular flexibility index (Phi) is 6.93. The van der Waals surface area contributed by atoms with Gasteiger partial charge in [-0.15, -0.1) is 6.42 Å². The molecule has 3 nitrogen and oxygen atoms in total. The molecule has 18 heavy (non-hydrogen) atoms. The molecule has 98 valence electrons. The second-order valence-corrected chi connectivity index (χ2v) is 4.16. The minimum Gasteiger partial charge on any atom is -0.490 e. The highest BCUT2D eigenvalue weighted by atomic mass is 16.5. The van der Waals surface area contributed by atoms with E-state index in [9.17, 15) is 5.11 Å². The molecule has 2 N–H and O–H groups in total. The zero-order valence-electron chi connectivity index (χ0n) is 10.9. The summed E-state index contributed by atoms with van der Waals surface area (Å²) in [5, 5.41) is 12.9. The minimum absolute atomic E-state index is 0.248. The molecule has 0 aliphatic heterocycles. The van der Waals surface area contributed by atoms with Crippen LogP contribution in [0, 0.1) is 12.3 Å². The Bertz CT molecular complexity index is 384. The van der Waals surface area contributed by atoms with E-state index in [0.717, 1.165) is 19.4 Å². The van der Waals surface area contributed by atoms with Crippen LogP contribution in [0.5, 0.6) is 5.75 Å². The van der Waals surface area contributed by atoms with Crippen LogP contribution in [-0.2, 0) is 0 Å². The second kappa shape index (κ2) is 8.57. The summed E-state index contributed by atoms with van der Waals surface area (Å²) in [6.07, 6.45) is 7.11. The lowest BCUT2D eigenvalue weighted by atomic mass is 10.2. The van der Waals surface area contributed by atoms with E-state index >= 15 is 0 Å². The molecule has 1 unspecified atom stereocenters. The number of hydrogen-bond acceptors (Lipinski definition) is 3. The zero-order chi connectivity index (χ0) is 13.2. The van der Waals surface area contributed by atoms with Crippen LogP contribution in [0.3, 0.4) is 0 Å². The maximum Gasteiger partial charge on any atom is 0.135 e. The van der Waals surface area contributed by atoms with Gasteiger partial charge in [0, 0.05) is 6.54 Å². The maximum atomic E-state index is 9.73. The van der Waals surface area contributed by atoms with Crippen molar-refractivity contribution in [3.63, 3.8) is 0 Å². The molecule has 1 aromatic carbocycles. The van der Waals surface area contributed by atoms with Crippen molar-refractivity contribution in [2.24, 2.45) is 0 Å². The number of terminal acetylenes is 1. The van der Waals surface area contributed by atoms with Gasteiger partial charge in [0.2, 0.25) is 0 Å². The highest BCUT2D eigenvalue weighted by Crippen LogP contribution is 2.16. The highest BCUT2D eigenvalue weighted by molar-refractivity contribution is 5.44. The molecule has 0 heterocycles. The molecule has 0 aliphatic carbocycles. The molecular formula is C15H21NO2. The molecule has 0 bridgehead atoms. The lowest BCUT2D eigenvalue weighted by molar-refractivity contribution is 0.106. The Balaban J connectivity index is 2.29. The lowest BCUT2D eigenvalue weighted by Crippen LogP contribution is -2.32. The van der Waals surface area contributed by atoms with Gasteiger partial charge in [-0.3, -0.25) is 0 Å². The number of aliphatic hydroxyl groups excluding tert-OH is 1. The van der Waals surface area contributed by atoms with Crippen molar-refractivity contribution >= 4 is 0 Å². The molecule has 0 aromatic heterocycles. The van der Waals surface area contributed by atoms with E-state index in [-0.39, 0.29) is 6.61 Å². The molecule has 0 radical (unpaired) electrons. The van der Waals surface area contributed by atoms with Gasteiger partial charge in [0.15, 0.2) is 0 Å². The van der Waals surface area contributed by atoms with Crippen LogP contribution in [0.1, 0.15) is 25.3 Å². The first-order chi connectivity index (χ1) is 8.77. The van der Waals surface area contributed by atoms with E-state index in [1.54, 1.807) is 0 Å².